The third-order valence-corrected chi connectivity index (χ3v) is 4.57. The van der Waals surface area contributed by atoms with Crippen molar-refractivity contribution in [3.05, 3.63) is 33.7 Å². The number of benzene rings is 1. The fraction of sp³-hybridized carbons (Fsp3) is 0.333. The van der Waals surface area contributed by atoms with Gasteiger partial charge in [-0.1, -0.05) is 37.3 Å². The van der Waals surface area contributed by atoms with Crippen molar-refractivity contribution < 1.29 is 14.3 Å². The molecule has 1 saturated heterocycles. The molecule has 1 aromatic carbocycles. The normalized spacial score (nSPS) is 15.9. The van der Waals surface area contributed by atoms with E-state index in [1.807, 2.05) is 0 Å². The maximum Gasteiger partial charge on any atom is 0.293 e. The van der Waals surface area contributed by atoms with E-state index >= 15 is 0 Å². The van der Waals surface area contributed by atoms with Crippen LogP contribution in [0.4, 0.5) is 4.79 Å². The Morgan fingerprint density at radius 3 is 2.88 bits per heavy atom. The molecule has 4 nitrogen and oxygen atoms in total. The van der Waals surface area contributed by atoms with Crippen LogP contribution in [0.5, 0.6) is 5.75 Å². The number of rotatable bonds is 7. The molecule has 1 aliphatic heterocycles. The van der Waals surface area contributed by atoms with Crippen molar-refractivity contribution in [1.82, 2.24) is 4.90 Å². The topological polar surface area (TPSA) is 46.6 Å². The molecule has 0 N–H and O–H groups in total. The summed E-state index contributed by atoms with van der Waals surface area (Å²) in [5.74, 6) is 2.64. The first kappa shape index (κ1) is 18.4. The minimum Gasteiger partial charge on any atom is -0.480 e. The Morgan fingerprint density at radius 1 is 1.38 bits per heavy atom. The number of carbonyl (C=O) groups excluding carboxylic acids is 2. The van der Waals surface area contributed by atoms with Gasteiger partial charge in [0.15, 0.2) is 0 Å². The summed E-state index contributed by atoms with van der Waals surface area (Å²) < 4.78 is 5.46. The van der Waals surface area contributed by atoms with Crippen LogP contribution in [0, 0.1) is 12.3 Å². The Balaban J connectivity index is 2.22. The number of nitrogens with zero attached hydrogens (tertiary/aromatic N) is 1. The number of imide groups is 1. The van der Waals surface area contributed by atoms with Crippen molar-refractivity contribution in [3.63, 3.8) is 0 Å². The number of thioether (sulfide) groups is 1. The van der Waals surface area contributed by atoms with Crippen molar-refractivity contribution in [3.8, 4) is 18.1 Å². The van der Waals surface area contributed by atoms with E-state index in [1.165, 1.54) is 4.90 Å². The first-order chi connectivity index (χ1) is 11.6. The summed E-state index contributed by atoms with van der Waals surface area (Å²) in [6.07, 6.45) is 9.67. The molecular formula is C18H18ClNO3S. The van der Waals surface area contributed by atoms with Gasteiger partial charge in [0.25, 0.3) is 11.1 Å². The predicted molar refractivity (Wildman–Crippen MR) is 98.0 cm³/mol. The van der Waals surface area contributed by atoms with Gasteiger partial charge in [-0.05, 0) is 42.5 Å². The highest BCUT2D eigenvalue weighted by Gasteiger charge is 2.34. The zero-order valence-corrected chi connectivity index (χ0v) is 15.0. The summed E-state index contributed by atoms with van der Waals surface area (Å²) in [6, 6.07) is 5.05. The number of ether oxygens (including phenoxy) is 1. The standard InChI is InChI=1S/C18H18ClNO3S/c1-3-5-6-9-20-17(21)16(24-18(20)22)12-13-11-14(19)7-8-15(13)23-10-4-2/h2,7-8,11-12H,3,5-6,9-10H2,1H3/b16-12-. The lowest BCUT2D eigenvalue weighted by Gasteiger charge is -2.11. The zero-order chi connectivity index (χ0) is 17.5. The smallest absolute Gasteiger partial charge is 0.293 e. The fourth-order valence-electron chi connectivity index (χ4n) is 2.24. The van der Waals surface area contributed by atoms with Crippen LogP contribution in [-0.2, 0) is 4.79 Å². The summed E-state index contributed by atoms with van der Waals surface area (Å²) >= 11 is 6.95. The average molecular weight is 364 g/mol. The van der Waals surface area contributed by atoms with Gasteiger partial charge in [0.1, 0.15) is 12.4 Å². The van der Waals surface area contributed by atoms with Crippen LogP contribution >= 0.6 is 23.4 Å². The molecule has 1 heterocycles. The zero-order valence-electron chi connectivity index (χ0n) is 13.4. The van der Waals surface area contributed by atoms with Gasteiger partial charge >= 0.3 is 0 Å². The lowest BCUT2D eigenvalue weighted by atomic mass is 10.1. The summed E-state index contributed by atoms with van der Waals surface area (Å²) in [5, 5.41) is 0.270. The Hall–Kier alpha value is -1.90. The number of unbranched alkanes of at least 4 members (excludes halogenated alkanes) is 2. The molecule has 0 saturated carbocycles. The van der Waals surface area contributed by atoms with E-state index in [4.69, 9.17) is 22.8 Å². The Kier molecular flexibility index (Phi) is 6.77. The average Bonchev–Trinajstić information content (AvgIpc) is 2.82. The molecule has 0 unspecified atom stereocenters. The summed E-state index contributed by atoms with van der Waals surface area (Å²) in [4.78, 5) is 26.1. The fourth-order valence-corrected chi connectivity index (χ4v) is 3.27. The van der Waals surface area contributed by atoms with Crippen LogP contribution < -0.4 is 4.74 Å². The largest absolute Gasteiger partial charge is 0.480 e. The van der Waals surface area contributed by atoms with E-state index in [2.05, 4.69) is 12.8 Å². The highest BCUT2D eigenvalue weighted by atomic mass is 35.5. The van der Waals surface area contributed by atoms with Crippen molar-refractivity contribution >= 4 is 40.6 Å². The van der Waals surface area contributed by atoms with Gasteiger partial charge < -0.3 is 4.74 Å². The lowest BCUT2D eigenvalue weighted by molar-refractivity contribution is -0.122. The number of terminal acetylenes is 1. The molecule has 2 amide bonds. The van der Waals surface area contributed by atoms with Gasteiger partial charge in [-0.25, -0.2) is 0 Å². The molecule has 1 aromatic rings. The maximum absolute atomic E-state index is 12.4. The Bertz CT molecular complexity index is 709. The van der Waals surface area contributed by atoms with Crippen molar-refractivity contribution in [2.75, 3.05) is 13.2 Å². The predicted octanol–water partition coefficient (Wildman–Crippen LogP) is 4.58. The molecular weight excluding hydrogens is 346 g/mol. The molecule has 2 rings (SSSR count). The van der Waals surface area contributed by atoms with E-state index in [-0.39, 0.29) is 17.8 Å². The minimum atomic E-state index is -0.274. The number of hydrogen-bond donors (Lipinski definition) is 0. The first-order valence-electron chi connectivity index (χ1n) is 7.68. The molecule has 6 heteroatoms. The lowest BCUT2D eigenvalue weighted by Crippen LogP contribution is -2.29. The second-order valence-corrected chi connectivity index (χ2v) is 6.65. The van der Waals surface area contributed by atoms with Crippen molar-refractivity contribution in [1.29, 1.82) is 0 Å². The van der Waals surface area contributed by atoms with Crippen LogP contribution in [-0.4, -0.2) is 29.2 Å². The van der Waals surface area contributed by atoms with Gasteiger partial charge in [0.05, 0.1) is 4.91 Å². The van der Waals surface area contributed by atoms with E-state index in [1.54, 1.807) is 24.3 Å². The molecule has 0 aliphatic carbocycles. The summed E-state index contributed by atoms with van der Waals surface area (Å²) in [5.41, 5.74) is 0.622. The van der Waals surface area contributed by atoms with E-state index in [0.29, 0.717) is 27.8 Å². The van der Waals surface area contributed by atoms with Crippen LogP contribution in [0.1, 0.15) is 31.7 Å². The molecule has 24 heavy (non-hydrogen) atoms. The number of halogens is 1. The van der Waals surface area contributed by atoms with Gasteiger partial charge in [-0.3, -0.25) is 14.5 Å². The molecule has 0 aromatic heterocycles. The highest BCUT2D eigenvalue weighted by Crippen LogP contribution is 2.35. The van der Waals surface area contributed by atoms with Crippen LogP contribution in [0.3, 0.4) is 0 Å². The van der Waals surface area contributed by atoms with Gasteiger partial charge in [0.2, 0.25) is 0 Å². The number of hydrogen-bond acceptors (Lipinski definition) is 4. The molecule has 0 spiro atoms. The quantitative estimate of drug-likeness (QED) is 0.404. The maximum atomic E-state index is 12.4. The van der Waals surface area contributed by atoms with E-state index in [9.17, 15) is 9.59 Å². The van der Waals surface area contributed by atoms with Gasteiger partial charge in [-0.2, -0.15) is 0 Å². The monoisotopic (exact) mass is 363 g/mol. The SMILES string of the molecule is C#CCOc1ccc(Cl)cc1/C=C1\SC(=O)N(CCCCC)C1=O. The van der Waals surface area contributed by atoms with Crippen molar-refractivity contribution in [2.45, 2.75) is 26.2 Å². The minimum absolute atomic E-state index is 0.112. The second-order valence-electron chi connectivity index (χ2n) is 5.22. The molecule has 1 fully saturated rings. The third-order valence-electron chi connectivity index (χ3n) is 3.43. The first-order valence-corrected chi connectivity index (χ1v) is 8.87. The highest BCUT2D eigenvalue weighted by molar-refractivity contribution is 8.18. The third kappa shape index (κ3) is 4.56. The molecule has 0 radical (unpaired) electrons. The summed E-state index contributed by atoms with van der Waals surface area (Å²) in [6.45, 7) is 2.64. The molecule has 0 bridgehead atoms. The molecule has 0 atom stereocenters. The van der Waals surface area contributed by atoms with E-state index in [0.717, 1.165) is 31.0 Å². The van der Waals surface area contributed by atoms with E-state index < -0.39 is 0 Å². The molecule has 126 valence electrons. The van der Waals surface area contributed by atoms with Crippen LogP contribution in [0.15, 0.2) is 23.1 Å². The summed E-state index contributed by atoms with van der Waals surface area (Å²) in [7, 11) is 0. The Labute approximate surface area is 151 Å². The van der Waals surface area contributed by atoms with Crippen LogP contribution in [0.25, 0.3) is 6.08 Å². The number of amides is 2. The Morgan fingerprint density at radius 2 is 2.17 bits per heavy atom. The van der Waals surface area contributed by atoms with Crippen molar-refractivity contribution in [2.24, 2.45) is 0 Å². The van der Waals surface area contributed by atoms with Crippen LogP contribution in [0.2, 0.25) is 5.02 Å². The second kappa shape index (κ2) is 8.81. The number of carbonyl (C=O) groups is 2. The van der Waals surface area contributed by atoms with Gasteiger partial charge in [-0.15, -0.1) is 6.42 Å². The molecule has 1 aliphatic rings. The van der Waals surface area contributed by atoms with Gasteiger partial charge in [0, 0.05) is 17.1 Å².